The van der Waals surface area contributed by atoms with Crippen molar-refractivity contribution in [2.75, 3.05) is 13.1 Å². The smallest absolute Gasteiger partial charge is 0.157 e. The Hall–Kier alpha value is -1.05. The molecule has 2 rings (SSSR count). The molecule has 0 bridgehead atoms. The fourth-order valence-corrected chi connectivity index (χ4v) is 1.40. The van der Waals surface area contributed by atoms with E-state index in [-0.39, 0.29) is 0 Å². The van der Waals surface area contributed by atoms with Crippen LogP contribution in [0.1, 0.15) is 6.42 Å². The van der Waals surface area contributed by atoms with Crippen LogP contribution in [0.15, 0.2) is 23.9 Å². The highest BCUT2D eigenvalue weighted by molar-refractivity contribution is 5.86. The van der Waals surface area contributed by atoms with E-state index in [1.165, 1.54) is 5.70 Å². The summed E-state index contributed by atoms with van der Waals surface area (Å²) >= 11 is 0. The fourth-order valence-electron chi connectivity index (χ4n) is 1.40. The Morgan fingerprint density at radius 1 is 1.50 bits per heavy atom. The van der Waals surface area contributed by atoms with Gasteiger partial charge in [0.15, 0.2) is 5.78 Å². The molecule has 2 aliphatic rings. The Bertz CT molecular complexity index is 227. The minimum absolute atomic E-state index is 0.343. The van der Waals surface area contributed by atoms with E-state index in [2.05, 4.69) is 11.0 Å². The predicted molar refractivity (Wildman–Crippen MR) is 38.4 cm³/mol. The van der Waals surface area contributed by atoms with Crippen LogP contribution in [-0.2, 0) is 4.79 Å². The van der Waals surface area contributed by atoms with Crippen molar-refractivity contribution in [2.45, 2.75) is 6.42 Å². The highest BCUT2D eigenvalue weighted by Crippen LogP contribution is 2.20. The van der Waals surface area contributed by atoms with E-state index in [1.807, 2.05) is 12.2 Å². The minimum Gasteiger partial charge on any atom is -0.363 e. The molecule has 0 radical (unpaired) electrons. The number of Topliss-reactive ketones (excluding diaryl/α,β-unsaturated/α-hetero) is 1. The Morgan fingerprint density at radius 2 is 2.40 bits per heavy atom. The Kier molecular flexibility index (Phi) is 1.13. The normalized spacial score (nSPS) is 23.0. The second kappa shape index (κ2) is 1.97. The lowest BCUT2D eigenvalue weighted by molar-refractivity contribution is -0.116. The summed E-state index contributed by atoms with van der Waals surface area (Å²) in [6, 6.07) is 0. The maximum Gasteiger partial charge on any atom is 0.157 e. The summed E-state index contributed by atoms with van der Waals surface area (Å²) in [4.78, 5) is 13.0. The van der Waals surface area contributed by atoms with E-state index in [9.17, 15) is 4.79 Å². The predicted octanol–water partition coefficient (Wildman–Crippen LogP) is 0.715. The van der Waals surface area contributed by atoms with Crippen molar-refractivity contribution in [3.63, 3.8) is 0 Å². The number of rotatable bonds is 0. The van der Waals surface area contributed by atoms with E-state index in [0.717, 1.165) is 6.54 Å². The Balaban J connectivity index is 2.26. The lowest BCUT2D eigenvalue weighted by atomic mass is 10.2. The lowest BCUT2D eigenvalue weighted by Crippen LogP contribution is -2.20. The topological polar surface area (TPSA) is 20.3 Å². The van der Waals surface area contributed by atoms with Gasteiger partial charge in [-0.15, -0.1) is 0 Å². The highest BCUT2D eigenvalue weighted by Gasteiger charge is 2.23. The zero-order valence-electron chi connectivity index (χ0n) is 5.71. The van der Waals surface area contributed by atoms with Gasteiger partial charge in [0.2, 0.25) is 0 Å². The Labute approximate surface area is 59.8 Å². The van der Waals surface area contributed by atoms with Crippen LogP contribution in [0.5, 0.6) is 0 Å². The summed E-state index contributed by atoms with van der Waals surface area (Å²) in [5, 5.41) is 0. The molecule has 0 atom stereocenters. The second-order valence-corrected chi connectivity index (χ2v) is 2.68. The van der Waals surface area contributed by atoms with Crippen LogP contribution in [0.2, 0.25) is 0 Å². The number of carbonyl (C=O) groups excluding carboxylic acids is 1. The monoisotopic (exact) mass is 135 g/mol. The summed E-state index contributed by atoms with van der Waals surface area (Å²) in [5.41, 5.74) is 1.19. The molecule has 0 aromatic rings. The van der Waals surface area contributed by atoms with Gasteiger partial charge in [0.1, 0.15) is 0 Å². The zero-order valence-corrected chi connectivity index (χ0v) is 5.71. The van der Waals surface area contributed by atoms with Gasteiger partial charge in [0.25, 0.3) is 0 Å². The van der Waals surface area contributed by atoms with Gasteiger partial charge >= 0.3 is 0 Å². The maximum atomic E-state index is 10.9. The summed E-state index contributed by atoms with van der Waals surface area (Å²) in [5.74, 6) is 0.343. The van der Waals surface area contributed by atoms with Gasteiger partial charge in [-0.3, -0.25) is 4.79 Å². The van der Waals surface area contributed by atoms with Crippen molar-refractivity contribution in [2.24, 2.45) is 0 Å². The molecule has 0 amide bonds. The van der Waals surface area contributed by atoms with Gasteiger partial charge in [0.05, 0.1) is 6.54 Å². The van der Waals surface area contributed by atoms with Gasteiger partial charge in [0, 0.05) is 18.7 Å². The molecule has 2 heterocycles. The number of hydrogen-bond acceptors (Lipinski definition) is 2. The van der Waals surface area contributed by atoms with Crippen molar-refractivity contribution in [3.8, 4) is 0 Å². The number of nitrogens with zero attached hydrogens (tertiary/aromatic N) is 1. The molecule has 0 aromatic carbocycles. The van der Waals surface area contributed by atoms with E-state index in [4.69, 9.17) is 0 Å². The minimum atomic E-state index is 0.343. The molecular weight excluding hydrogens is 126 g/mol. The van der Waals surface area contributed by atoms with Crippen molar-refractivity contribution in [1.82, 2.24) is 4.90 Å². The lowest BCUT2D eigenvalue weighted by Gasteiger charge is -2.18. The van der Waals surface area contributed by atoms with Crippen LogP contribution in [0.25, 0.3) is 0 Å². The first-order valence-electron chi connectivity index (χ1n) is 3.48. The van der Waals surface area contributed by atoms with Crippen molar-refractivity contribution in [3.05, 3.63) is 23.9 Å². The zero-order chi connectivity index (χ0) is 6.97. The molecule has 2 heteroatoms. The molecule has 0 saturated carbocycles. The van der Waals surface area contributed by atoms with Crippen LogP contribution in [0.3, 0.4) is 0 Å². The van der Waals surface area contributed by atoms with Crippen LogP contribution in [0.4, 0.5) is 0 Å². The van der Waals surface area contributed by atoms with E-state index >= 15 is 0 Å². The van der Waals surface area contributed by atoms with Gasteiger partial charge < -0.3 is 4.90 Å². The SMILES string of the molecule is O=C1CC2=CC=CCN2C1. The summed E-state index contributed by atoms with van der Waals surface area (Å²) in [6.45, 7) is 1.54. The van der Waals surface area contributed by atoms with Crippen molar-refractivity contribution < 1.29 is 4.79 Å². The standard InChI is InChI=1S/C8H9NO/c10-8-5-7-3-1-2-4-9(7)6-8/h1-3H,4-6H2. The van der Waals surface area contributed by atoms with Crippen LogP contribution < -0.4 is 0 Å². The summed E-state index contributed by atoms with van der Waals surface area (Å²) < 4.78 is 0. The molecule has 1 fully saturated rings. The molecule has 52 valence electrons. The first kappa shape index (κ1) is 5.71. The van der Waals surface area contributed by atoms with Crippen LogP contribution in [-0.4, -0.2) is 23.8 Å². The molecule has 10 heavy (non-hydrogen) atoms. The number of carbonyl (C=O) groups is 1. The third-order valence-corrected chi connectivity index (χ3v) is 1.90. The second-order valence-electron chi connectivity index (χ2n) is 2.68. The number of allylic oxidation sites excluding steroid dienone is 3. The number of ketones is 1. The molecule has 2 nitrogen and oxygen atoms in total. The van der Waals surface area contributed by atoms with Crippen LogP contribution >= 0.6 is 0 Å². The van der Waals surface area contributed by atoms with Gasteiger partial charge in [-0.2, -0.15) is 0 Å². The number of fused-ring (bicyclic) bond motifs is 1. The van der Waals surface area contributed by atoms with Gasteiger partial charge in [-0.25, -0.2) is 0 Å². The number of hydrogen-bond donors (Lipinski definition) is 0. The molecule has 0 aliphatic carbocycles. The average Bonchev–Trinajstić information content (AvgIpc) is 2.27. The average molecular weight is 135 g/mol. The third kappa shape index (κ3) is 0.764. The van der Waals surface area contributed by atoms with Crippen LogP contribution in [0, 0.1) is 0 Å². The fraction of sp³-hybridized carbons (Fsp3) is 0.375. The molecule has 2 aliphatic heterocycles. The van der Waals surface area contributed by atoms with E-state index in [1.54, 1.807) is 0 Å². The van der Waals surface area contributed by atoms with Gasteiger partial charge in [-0.1, -0.05) is 12.2 Å². The largest absolute Gasteiger partial charge is 0.363 e. The van der Waals surface area contributed by atoms with Crippen molar-refractivity contribution in [1.29, 1.82) is 0 Å². The highest BCUT2D eigenvalue weighted by atomic mass is 16.1. The molecule has 0 unspecified atom stereocenters. The quantitative estimate of drug-likeness (QED) is 0.487. The van der Waals surface area contributed by atoms with Gasteiger partial charge in [-0.05, 0) is 6.08 Å². The summed E-state index contributed by atoms with van der Waals surface area (Å²) in [6.07, 6.45) is 6.76. The first-order valence-corrected chi connectivity index (χ1v) is 3.48. The molecule has 0 N–H and O–H groups in total. The summed E-state index contributed by atoms with van der Waals surface area (Å²) in [7, 11) is 0. The third-order valence-electron chi connectivity index (χ3n) is 1.90. The Morgan fingerprint density at radius 3 is 3.20 bits per heavy atom. The molecule has 1 saturated heterocycles. The van der Waals surface area contributed by atoms with Crippen molar-refractivity contribution >= 4 is 5.78 Å². The molecular formula is C8H9NO. The van der Waals surface area contributed by atoms with E-state index < -0.39 is 0 Å². The first-order chi connectivity index (χ1) is 4.86. The molecule has 0 aromatic heterocycles. The van der Waals surface area contributed by atoms with E-state index in [0.29, 0.717) is 18.7 Å². The molecule has 0 spiro atoms. The maximum absolute atomic E-state index is 10.9.